The van der Waals surface area contributed by atoms with Crippen LogP contribution in [0.25, 0.3) is 11.3 Å². The minimum atomic E-state index is -0.581. The van der Waals surface area contributed by atoms with E-state index in [-0.39, 0.29) is 0 Å². The Balaban J connectivity index is 2.24. The smallest absolute Gasteiger partial charge is 0.135 e. The first-order valence-electron chi connectivity index (χ1n) is 6.63. The van der Waals surface area contributed by atoms with Gasteiger partial charge in [0.05, 0.1) is 11.9 Å². The summed E-state index contributed by atoms with van der Waals surface area (Å²) in [7, 11) is 2.01. The number of hydrogen-bond acceptors (Lipinski definition) is 2. The minimum Gasteiger partial charge on any atom is -0.302 e. The van der Waals surface area contributed by atoms with Crippen molar-refractivity contribution < 1.29 is 8.78 Å². The lowest BCUT2D eigenvalue weighted by Gasteiger charge is -2.18. The van der Waals surface area contributed by atoms with E-state index in [1.54, 1.807) is 6.20 Å². The molecule has 108 valence electrons. The summed E-state index contributed by atoms with van der Waals surface area (Å²) < 4.78 is 26.8. The van der Waals surface area contributed by atoms with Crippen LogP contribution in [0.1, 0.15) is 19.4 Å². The SMILES string of the molecule is CC(C)CN(C)Cc1cn[nH]c1-c1ccc(F)cc1F. The first-order chi connectivity index (χ1) is 9.47. The van der Waals surface area contributed by atoms with Crippen molar-refractivity contribution in [1.29, 1.82) is 0 Å². The maximum absolute atomic E-state index is 13.8. The monoisotopic (exact) mass is 279 g/mol. The molecule has 3 nitrogen and oxygen atoms in total. The van der Waals surface area contributed by atoms with Gasteiger partial charge < -0.3 is 4.90 Å². The van der Waals surface area contributed by atoms with Crippen molar-refractivity contribution in [3.05, 3.63) is 41.6 Å². The van der Waals surface area contributed by atoms with Crippen LogP contribution in [0.3, 0.4) is 0 Å². The third-order valence-electron chi connectivity index (χ3n) is 3.04. The quantitative estimate of drug-likeness (QED) is 0.909. The van der Waals surface area contributed by atoms with Crippen LogP contribution in [0.4, 0.5) is 8.78 Å². The topological polar surface area (TPSA) is 31.9 Å². The van der Waals surface area contributed by atoms with Gasteiger partial charge in [0.2, 0.25) is 0 Å². The molecule has 0 saturated carbocycles. The highest BCUT2D eigenvalue weighted by molar-refractivity contribution is 5.63. The average Bonchev–Trinajstić information content (AvgIpc) is 2.75. The normalized spacial score (nSPS) is 11.6. The van der Waals surface area contributed by atoms with Gasteiger partial charge in [-0.1, -0.05) is 13.8 Å². The third kappa shape index (κ3) is 3.42. The summed E-state index contributed by atoms with van der Waals surface area (Å²) >= 11 is 0. The van der Waals surface area contributed by atoms with Crippen LogP contribution >= 0.6 is 0 Å². The predicted molar refractivity (Wildman–Crippen MR) is 75.1 cm³/mol. The number of benzene rings is 1. The maximum Gasteiger partial charge on any atom is 0.135 e. The largest absolute Gasteiger partial charge is 0.302 e. The van der Waals surface area contributed by atoms with Crippen LogP contribution in [-0.4, -0.2) is 28.7 Å². The van der Waals surface area contributed by atoms with Gasteiger partial charge >= 0.3 is 0 Å². The Bertz CT molecular complexity index is 578. The summed E-state index contributed by atoms with van der Waals surface area (Å²) in [5.74, 6) is -0.607. The van der Waals surface area contributed by atoms with Gasteiger partial charge in [-0.2, -0.15) is 5.10 Å². The van der Waals surface area contributed by atoms with E-state index in [0.717, 1.165) is 18.2 Å². The van der Waals surface area contributed by atoms with Gasteiger partial charge in [0, 0.05) is 30.3 Å². The summed E-state index contributed by atoms with van der Waals surface area (Å²) in [6.07, 6.45) is 1.69. The summed E-state index contributed by atoms with van der Waals surface area (Å²) in [4.78, 5) is 2.15. The van der Waals surface area contributed by atoms with Crippen molar-refractivity contribution in [1.82, 2.24) is 15.1 Å². The molecule has 0 aliphatic heterocycles. The molecule has 0 radical (unpaired) electrons. The summed E-state index contributed by atoms with van der Waals surface area (Å²) in [5, 5.41) is 6.78. The standard InChI is InChI=1S/C15H19F2N3/c1-10(2)8-20(3)9-11-7-18-19-15(11)13-5-4-12(16)6-14(13)17/h4-7,10H,8-9H2,1-3H3,(H,18,19). The molecule has 0 bridgehead atoms. The van der Waals surface area contributed by atoms with Gasteiger partial charge in [-0.15, -0.1) is 0 Å². The molecule has 0 fully saturated rings. The third-order valence-corrected chi connectivity index (χ3v) is 3.04. The molecule has 0 atom stereocenters. The Morgan fingerprint density at radius 2 is 2.05 bits per heavy atom. The zero-order valence-electron chi connectivity index (χ0n) is 12.0. The van der Waals surface area contributed by atoms with E-state index in [9.17, 15) is 8.78 Å². The molecule has 2 aromatic rings. The molecule has 0 aliphatic rings. The molecule has 1 aromatic heterocycles. The van der Waals surface area contributed by atoms with Gasteiger partial charge in [0.15, 0.2) is 0 Å². The lowest BCUT2D eigenvalue weighted by Crippen LogP contribution is -2.22. The number of nitrogens with one attached hydrogen (secondary N) is 1. The molecule has 0 aliphatic carbocycles. The molecule has 0 spiro atoms. The predicted octanol–water partition coefficient (Wildman–Crippen LogP) is 3.44. The Kier molecular flexibility index (Phi) is 4.49. The molecule has 0 unspecified atom stereocenters. The molecule has 20 heavy (non-hydrogen) atoms. The van der Waals surface area contributed by atoms with Crippen LogP contribution < -0.4 is 0 Å². The Morgan fingerprint density at radius 1 is 1.30 bits per heavy atom. The molecule has 0 saturated heterocycles. The lowest BCUT2D eigenvalue weighted by molar-refractivity contribution is 0.289. The van der Waals surface area contributed by atoms with E-state index in [4.69, 9.17) is 0 Å². The van der Waals surface area contributed by atoms with Crippen molar-refractivity contribution in [3.63, 3.8) is 0 Å². The fourth-order valence-corrected chi connectivity index (χ4v) is 2.34. The first-order valence-corrected chi connectivity index (χ1v) is 6.63. The highest BCUT2D eigenvalue weighted by Crippen LogP contribution is 2.25. The second-order valence-electron chi connectivity index (χ2n) is 5.49. The van der Waals surface area contributed by atoms with E-state index in [0.29, 0.717) is 23.7 Å². The second kappa shape index (κ2) is 6.13. The summed E-state index contributed by atoms with van der Waals surface area (Å²) in [6.45, 7) is 5.90. The van der Waals surface area contributed by atoms with Crippen molar-refractivity contribution in [3.8, 4) is 11.3 Å². The van der Waals surface area contributed by atoms with Crippen molar-refractivity contribution in [2.24, 2.45) is 5.92 Å². The number of halogens is 2. The number of nitrogens with zero attached hydrogens (tertiary/aromatic N) is 2. The van der Waals surface area contributed by atoms with Crippen molar-refractivity contribution >= 4 is 0 Å². The van der Waals surface area contributed by atoms with Crippen molar-refractivity contribution in [2.45, 2.75) is 20.4 Å². The maximum atomic E-state index is 13.8. The molecule has 1 aromatic carbocycles. The van der Waals surface area contributed by atoms with Crippen molar-refractivity contribution in [2.75, 3.05) is 13.6 Å². The van der Waals surface area contributed by atoms with Crippen LogP contribution in [0.5, 0.6) is 0 Å². The molecule has 1 heterocycles. The van der Waals surface area contributed by atoms with Crippen LogP contribution in [-0.2, 0) is 6.54 Å². The molecular formula is C15H19F2N3. The number of rotatable bonds is 5. The van der Waals surface area contributed by atoms with Gasteiger partial charge in [-0.05, 0) is 25.1 Å². The van der Waals surface area contributed by atoms with Crippen LogP contribution in [0, 0.1) is 17.6 Å². The molecular weight excluding hydrogens is 260 g/mol. The Labute approximate surface area is 117 Å². The van der Waals surface area contributed by atoms with E-state index in [1.807, 2.05) is 7.05 Å². The number of aromatic nitrogens is 2. The van der Waals surface area contributed by atoms with Crippen LogP contribution in [0.15, 0.2) is 24.4 Å². The molecule has 5 heteroatoms. The van der Waals surface area contributed by atoms with E-state index in [1.165, 1.54) is 12.1 Å². The van der Waals surface area contributed by atoms with Gasteiger partial charge in [-0.25, -0.2) is 8.78 Å². The lowest BCUT2D eigenvalue weighted by atomic mass is 10.1. The minimum absolute atomic E-state index is 0.344. The van der Waals surface area contributed by atoms with Gasteiger partial charge in [-0.3, -0.25) is 5.10 Å². The molecule has 2 rings (SSSR count). The van der Waals surface area contributed by atoms with E-state index >= 15 is 0 Å². The molecule has 0 amide bonds. The van der Waals surface area contributed by atoms with E-state index in [2.05, 4.69) is 28.9 Å². The van der Waals surface area contributed by atoms with E-state index < -0.39 is 11.6 Å². The summed E-state index contributed by atoms with van der Waals surface area (Å²) in [5.41, 5.74) is 1.86. The zero-order chi connectivity index (χ0) is 14.7. The fourth-order valence-electron chi connectivity index (χ4n) is 2.34. The first kappa shape index (κ1) is 14.7. The number of hydrogen-bond donors (Lipinski definition) is 1. The Morgan fingerprint density at radius 3 is 2.70 bits per heavy atom. The number of aromatic amines is 1. The second-order valence-corrected chi connectivity index (χ2v) is 5.49. The summed E-state index contributed by atoms with van der Waals surface area (Å²) in [6, 6.07) is 3.57. The van der Waals surface area contributed by atoms with Crippen LogP contribution in [0.2, 0.25) is 0 Å². The fraction of sp³-hybridized carbons (Fsp3) is 0.400. The zero-order valence-corrected chi connectivity index (χ0v) is 12.0. The van der Waals surface area contributed by atoms with Gasteiger partial charge in [0.25, 0.3) is 0 Å². The average molecular weight is 279 g/mol. The highest BCUT2D eigenvalue weighted by atomic mass is 19.1. The Hall–Kier alpha value is -1.75. The number of H-pyrrole nitrogens is 1. The molecule has 1 N–H and O–H groups in total. The van der Waals surface area contributed by atoms with Gasteiger partial charge in [0.1, 0.15) is 11.6 Å². The highest BCUT2D eigenvalue weighted by Gasteiger charge is 2.14.